The average molecular weight is 466 g/mol. The Kier molecular flexibility index (Phi) is 7.57. The van der Waals surface area contributed by atoms with Gasteiger partial charge in [0.25, 0.3) is 5.91 Å². The van der Waals surface area contributed by atoms with Gasteiger partial charge in [0, 0.05) is 12.2 Å². The van der Waals surface area contributed by atoms with Crippen molar-refractivity contribution in [2.75, 3.05) is 30.4 Å². The van der Waals surface area contributed by atoms with Gasteiger partial charge in [-0.25, -0.2) is 9.18 Å². The number of methoxy groups -OCH3 is 1. The number of nitrogens with zero attached hydrogens (tertiary/aromatic N) is 1. The molecule has 0 spiro atoms. The van der Waals surface area contributed by atoms with Crippen LogP contribution < -0.4 is 15.0 Å². The Labute approximate surface area is 187 Å². The molecule has 0 aromatic heterocycles. The summed E-state index contributed by atoms with van der Waals surface area (Å²) < 4.78 is 63.0. The molecule has 1 amide bonds. The number of esters is 1. The second-order valence-electron chi connectivity index (χ2n) is 7.31. The highest BCUT2D eigenvalue weighted by Gasteiger charge is 2.37. The first-order valence-corrected chi connectivity index (χ1v) is 10.1. The Morgan fingerprint density at radius 1 is 1.15 bits per heavy atom. The number of ether oxygens (including phenoxy) is 2. The zero-order chi connectivity index (χ0) is 24.0. The van der Waals surface area contributed by atoms with E-state index in [0.29, 0.717) is 18.7 Å². The first kappa shape index (κ1) is 24.1. The van der Waals surface area contributed by atoms with Gasteiger partial charge >= 0.3 is 12.1 Å². The molecule has 176 valence electrons. The van der Waals surface area contributed by atoms with Gasteiger partial charge in [0.2, 0.25) is 0 Å². The topological polar surface area (TPSA) is 67.9 Å². The Balaban J connectivity index is 1.86. The molecule has 3 rings (SSSR count). The smallest absolute Gasteiger partial charge is 0.393 e. The highest BCUT2D eigenvalue weighted by Crippen LogP contribution is 2.29. The van der Waals surface area contributed by atoms with Crippen LogP contribution in [-0.2, 0) is 9.53 Å². The molecule has 33 heavy (non-hydrogen) atoms. The molecule has 0 fully saturated rings. The van der Waals surface area contributed by atoms with Gasteiger partial charge in [0.15, 0.2) is 6.10 Å². The van der Waals surface area contributed by atoms with Crippen LogP contribution in [0.1, 0.15) is 23.2 Å². The number of carbonyl (C=O) groups is 2. The van der Waals surface area contributed by atoms with Crippen LogP contribution in [0.5, 0.6) is 5.75 Å². The van der Waals surface area contributed by atoms with Crippen molar-refractivity contribution >= 4 is 23.3 Å². The van der Waals surface area contributed by atoms with E-state index in [1.807, 2.05) is 0 Å². The van der Waals surface area contributed by atoms with E-state index in [0.717, 1.165) is 7.11 Å². The van der Waals surface area contributed by atoms with E-state index in [2.05, 4.69) is 5.32 Å². The van der Waals surface area contributed by atoms with E-state index in [9.17, 15) is 27.2 Å². The summed E-state index contributed by atoms with van der Waals surface area (Å²) in [4.78, 5) is 26.7. The van der Waals surface area contributed by atoms with Crippen LogP contribution in [0.3, 0.4) is 0 Å². The number of halogens is 4. The molecule has 1 N–H and O–H groups in total. The number of alkyl halides is 3. The molecule has 0 aliphatic carbocycles. The minimum absolute atomic E-state index is 0.0187. The van der Waals surface area contributed by atoms with E-state index in [1.165, 1.54) is 36.4 Å². The van der Waals surface area contributed by atoms with Crippen molar-refractivity contribution in [2.24, 2.45) is 0 Å². The van der Waals surface area contributed by atoms with Crippen LogP contribution in [0.25, 0.3) is 0 Å². The van der Waals surface area contributed by atoms with Crippen molar-refractivity contribution in [3.8, 4) is 5.75 Å². The van der Waals surface area contributed by atoms with Crippen molar-refractivity contribution in [1.29, 1.82) is 0 Å². The van der Waals surface area contributed by atoms with Gasteiger partial charge in [-0.1, -0.05) is 18.2 Å². The Hall–Kier alpha value is -3.56. The normalized spacial score (nSPS) is 14.8. The quantitative estimate of drug-likeness (QED) is 0.466. The van der Waals surface area contributed by atoms with E-state index in [1.54, 1.807) is 23.1 Å². The van der Waals surface area contributed by atoms with E-state index < -0.39 is 30.6 Å². The molecule has 2 aromatic rings. The summed E-state index contributed by atoms with van der Waals surface area (Å²) in [5.41, 5.74) is 0.375. The second kappa shape index (κ2) is 10.4. The first-order chi connectivity index (χ1) is 15.7. The number of rotatable bonds is 7. The SMILES string of the molecule is COC(=O)c1cc(N2CCC=C(F)C2)ccc1NC(=O)[C@H](CC(F)(F)F)Oc1ccccc1. The van der Waals surface area contributed by atoms with Crippen LogP contribution in [0.15, 0.2) is 60.4 Å². The maximum Gasteiger partial charge on any atom is 0.393 e. The van der Waals surface area contributed by atoms with Crippen molar-refractivity contribution < 1.29 is 36.6 Å². The van der Waals surface area contributed by atoms with Crippen LogP contribution in [0.2, 0.25) is 0 Å². The molecule has 1 aliphatic heterocycles. The standard InChI is InChI=1S/C23H22F4N2O4/c1-32-22(31)18-12-16(29-11-5-6-15(24)14-29)9-10-19(18)28-21(30)20(13-23(25,26)27)33-17-7-3-2-4-8-17/h2-4,6-10,12,20H,5,11,13-14H2,1H3,(H,28,30)/t20-/m0/s1. The molecular formula is C23H22F4N2O4. The number of hydrogen-bond acceptors (Lipinski definition) is 5. The summed E-state index contributed by atoms with van der Waals surface area (Å²) in [5, 5.41) is 2.34. The number of hydrogen-bond donors (Lipinski definition) is 1. The molecule has 0 saturated heterocycles. The molecule has 1 heterocycles. The Bertz CT molecular complexity index is 1020. The average Bonchev–Trinajstić information content (AvgIpc) is 2.78. The highest BCUT2D eigenvalue weighted by atomic mass is 19.4. The van der Waals surface area contributed by atoms with Gasteiger partial charge in [-0.15, -0.1) is 0 Å². The summed E-state index contributed by atoms with van der Waals surface area (Å²) in [5.74, 6) is -2.12. The van der Waals surface area contributed by atoms with Crippen molar-refractivity contribution in [3.05, 3.63) is 66.0 Å². The number of amides is 1. The lowest BCUT2D eigenvalue weighted by Gasteiger charge is -2.27. The fourth-order valence-corrected chi connectivity index (χ4v) is 3.31. The number of nitrogens with one attached hydrogen (secondary N) is 1. The monoisotopic (exact) mass is 466 g/mol. The third kappa shape index (κ3) is 6.71. The third-order valence-corrected chi connectivity index (χ3v) is 4.87. The lowest BCUT2D eigenvalue weighted by molar-refractivity contribution is -0.158. The van der Waals surface area contributed by atoms with Crippen molar-refractivity contribution in [1.82, 2.24) is 0 Å². The number of benzene rings is 2. The summed E-state index contributed by atoms with van der Waals surface area (Å²) in [6, 6.07) is 11.9. The van der Waals surface area contributed by atoms with Crippen LogP contribution >= 0.6 is 0 Å². The molecular weight excluding hydrogens is 444 g/mol. The largest absolute Gasteiger partial charge is 0.480 e. The van der Waals surface area contributed by atoms with E-state index in [-0.39, 0.29) is 29.4 Å². The van der Waals surface area contributed by atoms with Gasteiger partial charge in [-0.05, 0) is 42.8 Å². The summed E-state index contributed by atoms with van der Waals surface area (Å²) in [7, 11) is 1.13. The zero-order valence-corrected chi connectivity index (χ0v) is 17.7. The molecule has 0 saturated carbocycles. The predicted octanol–water partition coefficient (Wildman–Crippen LogP) is 4.88. The predicted molar refractivity (Wildman–Crippen MR) is 114 cm³/mol. The number of anilines is 2. The number of carbonyl (C=O) groups excluding carboxylic acids is 2. The molecule has 0 radical (unpaired) electrons. The Morgan fingerprint density at radius 3 is 2.52 bits per heavy atom. The van der Waals surface area contributed by atoms with Crippen molar-refractivity contribution in [2.45, 2.75) is 25.1 Å². The van der Waals surface area contributed by atoms with Crippen LogP contribution in [0, 0.1) is 0 Å². The number of para-hydroxylation sites is 1. The fraction of sp³-hybridized carbons (Fsp3) is 0.304. The van der Waals surface area contributed by atoms with Crippen LogP contribution in [0.4, 0.5) is 28.9 Å². The van der Waals surface area contributed by atoms with Gasteiger partial charge < -0.3 is 19.7 Å². The molecule has 0 unspecified atom stereocenters. The Morgan fingerprint density at radius 2 is 1.88 bits per heavy atom. The lowest BCUT2D eigenvalue weighted by atomic mass is 10.1. The molecule has 6 nitrogen and oxygen atoms in total. The molecule has 2 aromatic carbocycles. The van der Waals surface area contributed by atoms with Crippen molar-refractivity contribution in [3.63, 3.8) is 0 Å². The molecule has 10 heteroatoms. The van der Waals surface area contributed by atoms with Gasteiger partial charge in [-0.2, -0.15) is 13.2 Å². The maximum absolute atomic E-state index is 13.7. The van der Waals surface area contributed by atoms with Crippen LogP contribution in [-0.4, -0.2) is 44.4 Å². The van der Waals surface area contributed by atoms with E-state index in [4.69, 9.17) is 9.47 Å². The summed E-state index contributed by atoms with van der Waals surface area (Å²) >= 11 is 0. The minimum atomic E-state index is -4.67. The second-order valence-corrected chi connectivity index (χ2v) is 7.31. The highest BCUT2D eigenvalue weighted by molar-refractivity contribution is 6.03. The minimum Gasteiger partial charge on any atom is -0.480 e. The molecule has 1 atom stereocenters. The first-order valence-electron chi connectivity index (χ1n) is 10.1. The third-order valence-electron chi connectivity index (χ3n) is 4.87. The van der Waals surface area contributed by atoms with Gasteiger partial charge in [-0.3, -0.25) is 4.79 Å². The zero-order valence-electron chi connectivity index (χ0n) is 17.7. The van der Waals surface area contributed by atoms with Gasteiger partial charge in [0.1, 0.15) is 11.6 Å². The lowest BCUT2D eigenvalue weighted by Crippen LogP contribution is -2.37. The van der Waals surface area contributed by atoms with Gasteiger partial charge in [0.05, 0.1) is 31.3 Å². The maximum atomic E-state index is 13.7. The molecule has 1 aliphatic rings. The fourth-order valence-electron chi connectivity index (χ4n) is 3.31. The molecule has 0 bridgehead atoms. The van der Waals surface area contributed by atoms with E-state index >= 15 is 0 Å². The summed E-state index contributed by atoms with van der Waals surface area (Å²) in [6.07, 6.45) is -6.14. The summed E-state index contributed by atoms with van der Waals surface area (Å²) in [6.45, 7) is 0.531.